The van der Waals surface area contributed by atoms with Gasteiger partial charge < -0.3 is 49.1 Å². The number of nitrogens with zero attached hydrogens (tertiary/aromatic N) is 2. The molecular formula is C80H123N3O15S3. The van der Waals surface area contributed by atoms with Crippen molar-refractivity contribution in [3.8, 4) is 34.5 Å². The number of morpholine rings is 3. The highest BCUT2D eigenvalue weighted by Crippen LogP contribution is 2.72. The minimum Gasteiger partial charge on any atom is -0.508 e. The summed E-state index contributed by atoms with van der Waals surface area (Å²) in [5, 5.41) is 35.3. The summed E-state index contributed by atoms with van der Waals surface area (Å²) in [5.41, 5.74) is 3.25. The van der Waals surface area contributed by atoms with Gasteiger partial charge >= 0.3 is 0 Å². The molecule has 15 rings (SSSR count). The van der Waals surface area contributed by atoms with Crippen LogP contribution >= 0.6 is 0 Å². The van der Waals surface area contributed by atoms with Gasteiger partial charge in [0, 0.05) is 115 Å². The van der Waals surface area contributed by atoms with Gasteiger partial charge in [0.05, 0.1) is 92.9 Å². The Kier molecular flexibility index (Phi) is 21.0. The molecule has 6 saturated carbocycles. The van der Waals surface area contributed by atoms with Gasteiger partial charge in [0.2, 0.25) is 0 Å². The predicted octanol–water partition coefficient (Wildman–Crippen LogP) is 13.3. The molecule has 3 saturated heterocycles. The normalized spacial score (nSPS) is 36.6. The zero-order valence-corrected chi connectivity index (χ0v) is 66.2. The first-order chi connectivity index (χ1) is 47.3. The number of aromatic hydroxyl groups is 3. The number of hydrogen-bond donors (Lipinski definition) is 4. The largest absolute Gasteiger partial charge is 0.508 e. The van der Waals surface area contributed by atoms with Crippen molar-refractivity contribution in [2.45, 2.75) is 223 Å². The van der Waals surface area contributed by atoms with E-state index in [0.717, 1.165) is 146 Å². The number of fused-ring (bicyclic) bond motifs is 15. The molecule has 101 heavy (non-hydrogen) atoms. The number of sulfone groups is 3. The van der Waals surface area contributed by atoms with Gasteiger partial charge in [0.25, 0.3) is 0 Å². The van der Waals surface area contributed by atoms with Crippen LogP contribution in [0, 0.1) is 68.0 Å². The number of phenols is 3. The topological polar surface area (TPSA) is 237 Å². The second kappa shape index (κ2) is 27.7. The fraction of sp³-hybridized carbons (Fsp3) is 0.775. The van der Waals surface area contributed by atoms with Crippen LogP contribution in [0.3, 0.4) is 0 Å². The molecule has 0 amide bonds. The molecular weight excluding hydrogens is 1340 g/mol. The second-order valence-corrected chi connectivity index (χ2v) is 42.2. The number of benzene rings is 3. The lowest BCUT2D eigenvalue weighted by molar-refractivity contribution is -0.0986. The van der Waals surface area contributed by atoms with E-state index in [4.69, 9.17) is 28.4 Å². The Morgan fingerprint density at radius 3 is 1.08 bits per heavy atom. The molecule has 9 fully saturated rings. The Hall–Kier alpha value is -3.93. The quantitative estimate of drug-likeness (QED) is 0.172. The lowest BCUT2D eigenvalue weighted by Crippen LogP contribution is -2.60. The summed E-state index contributed by atoms with van der Waals surface area (Å²) >= 11 is 0. The summed E-state index contributed by atoms with van der Waals surface area (Å²) in [4.78, 5) is 5.31. The summed E-state index contributed by atoms with van der Waals surface area (Å²) in [6.45, 7) is 38.2. The van der Waals surface area contributed by atoms with Gasteiger partial charge in [-0.3, -0.25) is 9.80 Å². The van der Waals surface area contributed by atoms with Gasteiger partial charge in [0.1, 0.15) is 34.5 Å². The van der Waals surface area contributed by atoms with Crippen LogP contribution in [0.25, 0.3) is 0 Å². The third-order valence-electron chi connectivity index (χ3n) is 29.4. The maximum absolute atomic E-state index is 14.1. The van der Waals surface area contributed by atoms with E-state index in [9.17, 15) is 40.6 Å². The maximum Gasteiger partial charge on any atom is 0.179 e. The first-order valence-electron chi connectivity index (χ1n) is 38.2. The zero-order valence-electron chi connectivity index (χ0n) is 63.8. The lowest BCUT2D eigenvalue weighted by Gasteiger charge is -2.64. The van der Waals surface area contributed by atoms with Gasteiger partial charge in [-0.2, -0.15) is 0 Å². The van der Waals surface area contributed by atoms with E-state index in [1.54, 1.807) is 39.5 Å². The number of nitrogens with one attached hydrogen (secondary N) is 1. The van der Waals surface area contributed by atoms with E-state index in [0.29, 0.717) is 95.4 Å². The van der Waals surface area contributed by atoms with Gasteiger partial charge in [-0.1, -0.05) is 102 Å². The van der Waals surface area contributed by atoms with Crippen molar-refractivity contribution in [3.63, 3.8) is 0 Å². The molecule has 6 heterocycles. The van der Waals surface area contributed by atoms with Crippen molar-refractivity contribution in [3.05, 3.63) is 52.1 Å². The molecule has 0 spiro atoms. The van der Waals surface area contributed by atoms with E-state index >= 15 is 0 Å². The fourth-order valence-electron chi connectivity index (χ4n) is 24.6. The van der Waals surface area contributed by atoms with Crippen molar-refractivity contribution in [2.75, 3.05) is 117 Å². The van der Waals surface area contributed by atoms with Crippen molar-refractivity contribution in [2.24, 2.45) is 68.0 Å². The van der Waals surface area contributed by atoms with Crippen LogP contribution in [-0.2, 0) is 73.1 Å². The minimum atomic E-state index is -3.61. The standard InChI is InChI=1S/2C27H41NO5S.C22H32O4S.C4H9NO/c2*1-25(2)8-6-9-26(3)21(25)7-10-27(4)22(26)17-34(30,31)24-18(16-28-11-13-33-14-12-28)19(29)15-20(32-5)23(24)27;1-20(2)8-6-9-21(3)17(20)7-10-22(4)18(21)13-27(24,25)16-12-14(23)11-15(26-5)19(16)22;1-3-6-4-2-5-1/h2*15,21-22,29H,6-14,16-17H2,1-5H3;11-12,17-18,23H,6-10,13H2,1-5H3;5H,1-4H2/t2*21-,22+,26-,27+;17-,18+,21-,22+;/m000./s1. The maximum atomic E-state index is 14.1. The van der Waals surface area contributed by atoms with Crippen LogP contribution < -0.4 is 19.5 Å². The highest BCUT2D eigenvalue weighted by molar-refractivity contribution is 7.92. The molecule has 6 aliphatic carbocycles. The highest BCUT2D eigenvalue weighted by atomic mass is 32.2. The Morgan fingerprint density at radius 2 is 0.752 bits per heavy atom. The summed E-state index contributed by atoms with van der Waals surface area (Å²) in [5.74, 6) is 3.73. The van der Waals surface area contributed by atoms with Crippen molar-refractivity contribution < 1.29 is 69.0 Å². The molecule has 12 aliphatic rings. The molecule has 21 heteroatoms. The number of phenolic OH excluding ortho intramolecular Hbond substituents is 3. The van der Waals surface area contributed by atoms with E-state index in [2.05, 4.69) is 98.2 Å². The molecule has 3 aromatic carbocycles. The monoisotopic (exact) mass is 1460 g/mol. The molecule has 0 unspecified atom stereocenters. The fourth-order valence-corrected chi connectivity index (χ4v) is 32.0. The van der Waals surface area contributed by atoms with E-state index < -0.39 is 29.5 Å². The SMILES string of the molecule is C1COCCN1.COc1cc(O)c(CN2CCOCC2)c2c1[C@]1(C)CC[C@H]3C(C)(C)CCC[C@]3(C)[C@H]1CS2(=O)=O.COc1cc(O)c(CN2CCOCC2)c2c1[C@]1(C)CC[C@H]3C(C)(C)CCC[C@]3(C)[C@H]1CS2(=O)=O.COc1cc(O)cc2c1[C@]1(C)CC[C@H]3C(C)(C)CCC[C@]3(C)[C@H]1CS2(=O)=O. The van der Waals surface area contributed by atoms with Crippen molar-refractivity contribution >= 4 is 29.5 Å². The van der Waals surface area contributed by atoms with Gasteiger partial charge in [0.15, 0.2) is 29.5 Å². The molecule has 0 aromatic heterocycles. The smallest absolute Gasteiger partial charge is 0.179 e. The predicted molar refractivity (Wildman–Crippen MR) is 394 cm³/mol. The number of methoxy groups -OCH3 is 3. The van der Waals surface area contributed by atoms with E-state index in [1.807, 2.05) is 0 Å². The first kappa shape index (κ1) is 76.7. The molecule has 0 radical (unpaired) electrons. The molecule has 12 atom stereocenters. The Balaban J connectivity index is 0.000000138. The number of ether oxygens (including phenoxy) is 6. The number of rotatable bonds is 7. The summed E-state index contributed by atoms with van der Waals surface area (Å²) in [6.07, 6.45) is 16.5. The average molecular weight is 1460 g/mol. The average Bonchev–Trinajstić information content (AvgIpc) is 0.699. The highest BCUT2D eigenvalue weighted by Gasteiger charge is 2.67. The van der Waals surface area contributed by atoms with Crippen LogP contribution in [-0.4, -0.2) is 168 Å². The van der Waals surface area contributed by atoms with Crippen LogP contribution in [0.2, 0.25) is 0 Å². The molecule has 6 aliphatic heterocycles. The number of hydrogen-bond acceptors (Lipinski definition) is 18. The van der Waals surface area contributed by atoms with Gasteiger partial charge in [-0.15, -0.1) is 0 Å². The summed E-state index contributed by atoms with van der Waals surface area (Å²) in [6, 6.07) is 6.32. The zero-order chi connectivity index (χ0) is 73.1. The molecule has 3 aromatic rings. The molecule has 0 bridgehead atoms. The third kappa shape index (κ3) is 13.3. The third-order valence-corrected chi connectivity index (χ3v) is 34.8. The Labute approximate surface area is 605 Å². The van der Waals surface area contributed by atoms with Crippen molar-refractivity contribution in [1.29, 1.82) is 0 Å². The summed E-state index contributed by atoms with van der Waals surface area (Å²) < 4.78 is 116. The summed E-state index contributed by atoms with van der Waals surface area (Å²) in [7, 11) is -5.95. The molecule has 566 valence electrons. The van der Waals surface area contributed by atoms with Crippen molar-refractivity contribution in [1.82, 2.24) is 15.1 Å². The van der Waals surface area contributed by atoms with E-state index in [-0.39, 0.29) is 106 Å². The van der Waals surface area contributed by atoms with Crippen LogP contribution in [0.4, 0.5) is 0 Å². The van der Waals surface area contributed by atoms with Gasteiger partial charge in [-0.05, 0) is 151 Å². The minimum absolute atomic E-state index is 0.00239. The first-order valence-corrected chi connectivity index (χ1v) is 43.1. The van der Waals surface area contributed by atoms with Crippen LogP contribution in [0.1, 0.15) is 207 Å². The molecule has 18 nitrogen and oxygen atoms in total. The van der Waals surface area contributed by atoms with Crippen LogP contribution in [0.15, 0.2) is 39.0 Å². The molecule has 4 N–H and O–H groups in total. The Bertz CT molecular complexity index is 3750. The Morgan fingerprint density at radius 1 is 0.426 bits per heavy atom. The lowest BCUT2D eigenvalue weighted by atomic mass is 9.42. The van der Waals surface area contributed by atoms with E-state index in [1.165, 1.54) is 25.3 Å². The second-order valence-electron chi connectivity index (χ2n) is 36.3. The van der Waals surface area contributed by atoms with Gasteiger partial charge in [-0.25, -0.2) is 25.3 Å². The van der Waals surface area contributed by atoms with Crippen LogP contribution in [0.5, 0.6) is 34.5 Å².